The van der Waals surface area contributed by atoms with Crippen LogP contribution in [0.3, 0.4) is 0 Å². The Balaban J connectivity index is 2.52. The van der Waals surface area contributed by atoms with Crippen molar-refractivity contribution in [3.8, 4) is 17.2 Å². The van der Waals surface area contributed by atoms with Crippen LogP contribution in [-0.4, -0.2) is 35.6 Å². The van der Waals surface area contributed by atoms with Crippen molar-refractivity contribution in [2.75, 3.05) is 21.3 Å². The van der Waals surface area contributed by atoms with E-state index in [0.29, 0.717) is 22.8 Å². The summed E-state index contributed by atoms with van der Waals surface area (Å²) in [4.78, 5) is 0. The van der Waals surface area contributed by atoms with Gasteiger partial charge in [0, 0.05) is 0 Å². The van der Waals surface area contributed by atoms with E-state index in [1.54, 1.807) is 12.1 Å². The monoisotopic (exact) mass is 301 g/mol. The fraction of sp³-hybridized carbons (Fsp3) is 0.364. The fourth-order valence-corrected chi connectivity index (χ4v) is 2.92. The lowest BCUT2D eigenvalue weighted by molar-refractivity contribution is 0.323. The van der Waals surface area contributed by atoms with E-state index in [2.05, 4.69) is 9.12 Å². The summed E-state index contributed by atoms with van der Waals surface area (Å²) in [5.41, 5.74) is 6.18. The zero-order valence-electron chi connectivity index (χ0n) is 11.2. The normalized spacial score (nSPS) is 20.4. The van der Waals surface area contributed by atoms with Crippen LogP contribution in [0.4, 0.5) is 0 Å². The largest absolute Gasteiger partial charge is 0.493 e. The summed E-state index contributed by atoms with van der Waals surface area (Å²) < 4.78 is 44.1. The molecule has 0 bridgehead atoms. The number of nitrogens with zero attached hydrogens (tertiary/aromatic N) is 1. The smallest absolute Gasteiger partial charge is 0.322 e. The molecule has 1 heterocycles. The maximum absolute atomic E-state index is 11.4. The van der Waals surface area contributed by atoms with Crippen molar-refractivity contribution in [2.24, 2.45) is 10.1 Å². The number of nitrogens with one attached hydrogen (secondary N) is 1. The summed E-state index contributed by atoms with van der Waals surface area (Å²) in [6.07, 6.45) is 0. The molecule has 0 saturated heterocycles. The molecule has 110 valence electrons. The van der Waals surface area contributed by atoms with Gasteiger partial charge in [0.15, 0.2) is 11.5 Å². The Morgan fingerprint density at radius 3 is 2.05 bits per heavy atom. The van der Waals surface area contributed by atoms with Gasteiger partial charge in [-0.15, -0.1) is 4.40 Å². The number of methoxy groups -OCH3 is 3. The second-order valence-electron chi connectivity index (χ2n) is 4.00. The molecule has 0 radical (unpaired) electrons. The molecule has 1 aliphatic rings. The SMILES string of the molecule is COc1cc([C@H]2NS(=O)(=O)N=C2N)cc(OC)c1OC. The quantitative estimate of drug-likeness (QED) is 0.807. The van der Waals surface area contributed by atoms with Gasteiger partial charge in [-0.3, -0.25) is 0 Å². The second-order valence-corrected chi connectivity index (χ2v) is 5.37. The summed E-state index contributed by atoms with van der Waals surface area (Å²) in [6, 6.07) is 2.47. The average Bonchev–Trinajstić information content (AvgIpc) is 2.70. The van der Waals surface area contributed by atoms with Gasteiger partial charge in [-0.25, -0.2) is 0 Å². The van der Waals surface area contributed by atoms with Gasteiger partial charge >= 0.3 is 10.2 Å². The lowest BCUT2D eigenvalue weighted by Gasteiger charge is -2.16. The van der Waals surface area contributed by atoms with Crippen LogP contribution in [-0.2, 0) is 10.2 Å². The van der Waals surface area contributed by atoms with Gasteiger partial charge in [0.1, 0.15) is 11.9 Å². The zero-order chi connectivity index (χ0) is 14.9. The highest BCUT2D eigenvalue weighted by Crippen LogP contribution is 2.40. The number of nitrogens with two attached hydrogens (primary N) is 1. The Morgan fingerprint density at radius 2 is 1.70 bits per heavy atom. The minimum Gasteiger partial charge on any atom is -0.493 e. The molecule has 0 amide bonds. The van der Waals surface area contributed by atoms with E-state index in [0.717, 1.165) is 0 Å². The van der Waals surface area contributed by atoms with E-state index >= 15 is 0 Å². The van der Waals surface area contributed by atoms with E-state index in [1.807, 2.05) is 0 Å². The van der Waals surface area contributed by atoms with Gasteiger partial charge in [0.25, 0.3) is 0 Å². The first kappa shape index (κ1) is 14.4. The molecule has 0 fully saturated rings. The molecule has 3 N–H and O–H groups in total. The van der Waals surface area contributed by atoms with Crippen molar-refractivity contribution >= 4 is 16.0 Å². The lowest BCUT2D eigenvalue weighted by Crippen LogP contribution is -2.28. The summed E-state index contributed by atoms with van der Waals surface area (Å²) in [5, 5.41) is 0. The predicted molar refractivity (Wildman–Crippen MR) is 72.5 cm³/mol. The van der Waals surface area contributed by atoms with Crippen LogP contribution < -0.4 is 24.7 Å². The van der Waals surface area contributed by atoms with Crippen LogP contribution in [0.2, 0.25) is 0 Å². The van der Waals surface area contributed by atoms with Crippen LogP contribution in [0, 0.1) is 0 Å². The van der Waals surface area contributed by atoms with Crippen molar-refractivity contribution < 1.29 is 22.6 Å². The first-order chi connectivity index (χ1) is 9.41. The Labute approximate surface area is 116 Å². The standard InChI is InChI=1S/C11H15N3O5S/c1-17-7-4-6(5-8(18-2)10(7)19-3)9-11(12)14-20(15,16)13-9/h4-5,9,13H,1-3H3,(H2,12,14)/t9-/m1/s1. The summed E-state index contributed by atoms with van der Waals surface area (Å²) >= 11 is 0. The highest BCUT2D eigenvalue weighted by atomic mass is 32.2. The van der Waals surface area contributed by atoms with Crippen molar-refractivity contribution in [3.63, 3.8) is 0 Å². The molecule has 1 atom stereocenters. The van der Waals surface area contributed by atoms with E-state index < -0.39 is 16.3 Å². The van der Waals surface area contributed by atoms with Crippen molar-refractivity contribution in [2.45, 2.75) is 6.04 Å². The first-order valence-corrected chi connectivity index (χ1v) is 7.03. The molecule has 0 aliphatic carbocycles. The number of amidine groups is 1. The first-order valence-electron chi connectivity index (χ1n) is 5.59. The zero-order valence-corrected chi connectivity index (χ0v) is 12.0. The highest BCUT2D eigenvalue weighted by Gasteiger charge is 2.31. The van der Waals surface area contributed by atoms with Crippen LogP contribution in [0.25, 0.3) is 0 Å². The Hall–Kier alpha value is -2.00. The molecule has 0 unspecified atom stereocenters. The highest BCUT2D eigenvalue weighted by molar-refractivity contribution is 7.88. The lowest BCUT2D eigenvalue weighted by atomic mass is 10.1. The second kappa shape index (κ2) is 5.17. The van der Waals surface area contributed by atoms with Crippen LogP contribution >= 0.6 is 0 Å². The maximum Gasteiger partial charge on any atom is 0.322 e. The molecule has 0 spiro atoms. The van der Waals surface area contributed by atoms with Crippen LogP contribution in [0.15, 0.2) is 16.5 Å². The average molecular weight is 301 g/mol. The molecule has 2 rings (SSSR count). The Kier molecular flexibility index (Phi) is 3.73. The number of rotatable bonds is 4. The number of ether oxygens (including phenoxy) is 3. The van der Waals surface area contributed by atoms with E-state index in [-0.39, 0.29) is 5.84 Å². The summed E-state index contributed by atoms with van der Waals surface area (Å²) in [7, 11) is 0.672. The number of hydrogen-bond acceptors (Lipinski definition) is 6. The molecule has 1 aliphatic heterocycles. The van der Waals surface area contributed by atoms with Gasteiger partial charge in [0.05, 0.1) is 21.3 Å². The van der Waals surface area contributed by atoms with Gasteiger partial charge in [-0.05, 0) is 17.7 Å². The summed E-state index contributed by atoms with van der Waals surface area (Å²) in [6.45, 7) is 0. The molecular weight excluding hydrogens is 286 g/mol. The van der Waals surface area contributed by atoms with Gasteiger partial charge < -0.3 is 19.9 Å². The third-order valence-corrected chi connectivity index (χ3v) is 3.79. The molecular formula is C11H15N3O5S. The van der Waals surface area contributed by atoms with E-state index in [4.69, 9.17) is 19.9 Å². The molecule has 0 saturated carbocycles. The van der Waals surface area contributed by atoms with Gasteiger partial charge in [-0.2, -0.15) is 13.1 Å². The van der Waals surface area contributed by atoms with Crippen molar-refractivity contribution in [1.29, 1.82) is 0 Å². The molecule has 1 aromatic rings. The molecule has 1 aromatic carbocycles. The Morgan fingerprint density at radius 1 is 1.15 bits per heavy atom. The third kappa shape index (κ3) is 2.49. The third-order valence-electron chi connectivity index (χ3n) is 2.81. The molecule has 0 aromatic heterocycles. The van der Waals surface area contributed by atoms with Gasteiger partial charge in [0.2, 0.25) is 5.75 Å². The van der Waals surface area contributed by atoms with Crippen molar-refractivity contribution in [3.05, 3.63) is 17.7 Å². The maximum atomic E-state index is 11.4. The van der Waals surface area contributed by atoms with Crippen molar-refractivity contribution in [1.82, 2.24) is 4.72 Å². The fourth-order valence-electron chi connectivity index (χ4n) is 1.93. The number of hydrogen-bond donors (Lipinski definition) is 2. The number of benzene rings is 1. The Bertz CT molecular complexity index is 631. The molecule has 20 heavy (non-hydrogen) atoms. The molecule has 9 heteroatoms. The van der Waals surface area contributed by atoms with Crippen LogP contribution in [0.1, 0.15) is 11.6 Å². The van der Waals surface area contributed by atoms with Gasteiger partial charge in [-0.1, -0.05) is 0 Å². The topological polar surface area (TPSA) is 112 Å². The predicted octanol–water partition coefficient (Wildman–Crippen LogP) is -0.0413. The molecule has 8 nitrogen and oxygen atoms in total. The van der Waals surface area contributed by atoms with E-state index in [1.165, 1.54) is 21.3 Å². The van der Waals surface area contributed by atoms with E-state index in [9.17, 15) is 8.42 Å². The minimum atomic E-state index is -3.75. The summed E-state index contributed by atoms with van der Waals surface area (Å²) in [5.74, 6) is 1.18. The van der Waals surface area contributed by atoms with Crippen LogP contribution in [0.5, 0.6) is 17.2 Å². The minimum absolute atomic E-state index is 0.0423.